The molecule has 0 saturated heterocycles. The predicted octanol–water partition coefficient (Wildman–Crippen LogP) is 8.05. The van der Waals surface area contributed by atoms with E-state index in [-0.39, 0.29) is 6.10 Å². The summed E-state index contributed by atoms with van der Waals surface area (Å²) in [6.07, 6.45) is 26.1. The van der Waals surface area contributed by atoms with Crippen LogP contribution in [0.5, 0.6) is 0 Å². The monoisotopic (exact) mass is 352 g/mol. The van der Waals surface area contributed by atoms with Gasteiger partial charge in [-0.3, -0.25) is 0 Å². The molecule has 1 rings (SSSR count). The van der Waals surface area contributed by atoms with Gasteiger partial charge in [0.15, 0.2) is 0 Å². The molecule has 3 atom stereocenters. The lowest BCUT2D eigenvalue weighted by atomic mass is 9.75. The van der Waals surface area contributed by atoms with E-state index in [1.807, 2.05) is 0 Å². The zero-order valence-electron chi connectivity index (χ0n) is 17.6. The van der Waals surface area contributed by atoms with Gasteiger partial charge < -0.3 is 5.11 Å². The Balaban J connectivity index is 2.03. The van der Waals surface area contributed by atoms with Crippen LogP contribution >= 0.6 is 0 Å². The molecule has 0 radical (unpaired) electrons. The molecule has 25 heavy (non-hydrogen) atoms. The van der Waals surface area contributed by atoms with Crippen molar-refractivity contribution in [1.29, 1.82) is 0 Å². The third-order valence-corrected chi connectivity index (χ3v) is 6.45. The van der Waals surface area contributed by atoms with Crippen LogP contribution in [0.2, 0.25) is 0 Å². The third kappa shape index (κ3) is 12.1. The summed E-state index contributed by atoms with van der Waals surface area (Å²) in [5.74, 6) is 1.52. The van der Waals surface area contributed by atoms with Gasteiger partial charge in [0.25, 0.3) is 0 Å². The van der Waals surface area contributed by atoms with E-state index in [1.54, 1.807) is 0 Å². The molecule has 1 N–H and O–H groups in total. The van der Waals surface area contributed by atoms with Gasteiger partial charge >= 0.3 is 0 Å². The van der Waals surface area contributed by atoms with Crippen molar-refractivity contribution in [3.8, 4) is 0 Å². The molecule has 0 aromatic rings. The Morgan fingerprint density at radius 2 is 1.08 bits per heavy atom. The Morgan fingerprint density at radius 1 is 0.600 bits per heavy atom. The lowest BCUT2D eigenvalue weighted by Gasteiger charge is -2.33. The van der Waals surface area contributed by atoms with Gasteiger partial charge in [-0.05, 0) is 37.5 Å². The molecule has 0 heterocycles. The van der Waals surface area contributed by atoms with Crippen molar-refractivity contribution in [3.05, 3.63) is 0 Å². The molecule has 0 aromatic carbocycles. The minimum Gasteiger partial charge on any atom is -0.393 e. The second-order valence-electron chi connectivity index (χ2n) is 8.83. The van der Waals surface area contributed by atoms with Crippen LogP contribution in [0, 0.1) is 11.8 Å². The second kappa shape index (κ2) is 16.2. The van der Waals surface area contributed by atoms with Crippen molar-refractivity contribution in [2.45, 2.75) is 142 Å². The molecule has 1 heteroatoms. The summed E-state index contributed by atoms with van der Waals surface area (Å²) in [5, 5.41) is 10.4. The molecule has 0 aromatic heterocycles. The van der Waals surface area contributed by atoms with E-state index in [0.29, 0.717) is 5.92 Å². The largest absolute Gasteiger partial charge is 0.393 e. The van der Waals surface area contributed by atoms with Crippen LogP contribution in [0.25, 0.3) is 0 Å². The number of aliphatic hydroxyl groups excluding tert-OH is 1. The van der Waals surface area contributed by atoms with E-state index in [9.17, 15) is 5.11 Å². The molecule has 1 fully saturated rings. The molecular weight excluding hydrogens is 304 g/mol. The number of aliphatic hydroxyl groups is 1. The Hall–Kier alpha value is -0.0400. The Bertz CT molecular complexity index is 275. The van der Waals surface area contributed by atoms with Crippen LogP contribution in [0.4, 0.5) is 0 Å². The normalized spacial score (nSPS) is 23.9. The van der Waals surface area contributed by atoms with E-state index in [4.69, 9.17) is 0 Å². The molecule has 3 unspecified atom stereocenters. The molecule has 1 aliphatic rings. The summed E-state index contributed by atoms with van der Waals surface area (Å²) in [6.45, 7) is 4.58. The van der Waals surface area contributed by atoms with Gasteiger partial charge in [0, 0.05) is 0 Å². The fraction of sp³-hybridized carbons (Fsp3) is 1.00. The van der Waals surface area contributed by atoms with Gasteiger partial charge in [0.2, 0.25) is 0 Å². The van der Waals surface area contributed by atoms with E-state index in [1.165, 1.54) is 116 Å². The molecule has 150 valence electrons. The quantitative estimate of drug-likeness (QED) is 0.279. The molecule has 0 aliphatic heterocycles. The summed E-state index contributed by atoms with van der Waals surface area (Å²) in [5.41, 5.74) is 0. The van der Waals surface area contributed by atoms with Crippen LogP contribution in [-0.4, -0.2) is 11.2 Å². The highest BCUT2D eigenvalue weighted by molar-refractivity contribution is 4.80. The molecule has 1 saturated carbocycles. The standard InChI is InChI=1S/C24H48O/c1-3-5-7-9-11-13-15-17-22-19-20-24(25)23(21-22)18-16-14-12-10-8-6-4-2/h22-25H,3-21H2,1-2H3. The molecule has 0 bridgehead atoms. The highest BCUT2D eigenvalue weighted by Gasteiger charge is 2.28. The summed E-state index contributed by atoms with van der Waals surface area (Å²) in [7, 11) is 0. The van der Waals surface area contributed by atoms with Crippen LogP contribution in [0.3, 0.4) is 0 Å². The van der Waals surface area contributed by atoms with E-state index < -0.39 is 0 Å². The van der Waals surface area contributed by atoms with Crippen molar-refractivity contribution in [2.24, 2.45) is 11.8 Å². The summed E-state index contributed by atoms with van der Waals surface area (Å²) >= 11 is 0. The minimum atomic E-state index is 0.00499. The number of rotatable bonds is 16. The first-order chi connectivity index (χ1) is 12.3. The fourth-order valence-electron chi connectivity index (χ4n) is 4.67. The minimum absolute atomic E-state index is 0.00499. The van der Waals surface area contributed by atoms with Crippen molar-refractivity contribution in [2.75, 3.05) is 0 Å². The van der Waals surface area contributed by atoms with Gasteiger partial charge in [0.05, 0.1) is 6.10 Å². The number of unbranched alkanes of at least 4 members (excludes halogenated alkanes) is 12. The van der Waals surface area contributed by atoms with Gasteiger partial charge in [-0.15, -0.1) is 0 Å². The zero-order chi connectivity index (χ0) is 18.2. The molecule has 1 aliphatic carbocycles. The lowest BCUT2D eigenvalue weighted by Crippen LogP contribution is -2.29. The van der Waals surface area contributed by atoms with Gasteiger partial charge in [-0.25, -0.2) is 0 Å². The first kappa shape index (κ1) is 23.0. The van der Waals surface area contributed by atoms with Crippen molar-refractivity contribution >= 4 is 0 Å². The van der Waals surface area contributed by atoms with E-state index in [0.717, 1.165) is 12.3 Å². The highest BCUT2D eigenvalue weighted by Crippen LogP contribution is 2.35. The summed E-state index contributed by atoms with van der Waals surface area (Å²) in [4.78, 5) is 0. The number of hydrogen-bond acceptors (Lipinski definition) is 1. The Labute approximate surface area is 159 Å². The third-order valence-electron chi connectivity index (χ3n) is 6.45. The zero-order valence-corrected chi connectivity index (χ0v) is 17.6. The van der Waals surface area contributed by atoms with Crippen LogP contribution in [-0.2, 0) is 0 Å². The Morgan fingerprint density at radius 3 is 1.64 bits per heavy atom. The second-order valence-corrected chi connectivity index (χ2v) is 8.83. The van der Waals surface area contributed by atoms with Gasteiger partial charge in [-0.2, -0.15) is 0 Å². The summed E-state index contributed by atoms with van der Waals surface area (Å²) < 4.78 is 0. The first-order valence-electron chi connectivity index (χ1n) is 12.0. The maximum Gasteiger partial charge on any atom is 0.0568 e. The average Bonchev–Trinajstić information content (AvgIpc) is 2.62. The van der Waals surface area contributed by atoms with E-state index in [2.05, 4.69) is 13.8 Å². The predicted molar refractivity (Wildman–Crippen MR) is 112 cm³/mol. The van der Waals surface area contributed by atoms with Crippen molar-refractivity contribution in [1.82, 2.24) is 0 Å². The Kier molecular flexibility index (Phi) is 14.9. The molecule has 0 spiro atoms. The van der Waals surface area contributed by atoms with E-state index >= 15 is 0 Å². The van der Waals surface area contributed by atoms with Crippen LogP contribution in [0.15, 0.2) is 0 Å². The molecule has 1 nitrogen and oxygen atoms in total. The topological polar surface area (TPSA) is 20.2 Å². The summed E-state index contributed by atoms with van der Waals surface area (Å²) in [6, 6.07) is 0. The van der Waals surface area contributed by atoms with Crippen molar-refractivity contribution < 1.29 is 5.11 Å². The SMILES string of the molecule is CCCCCCCCCC1CCC(O)C(CCCCCCCCC)C1. The first-order valence-corrected chi connectivity index (χ1v) is 12.0. The highest BCUT2D eigenvalue weighted by atomic mass is 16.3. The fourth-order valence-corrected chi connectivity index (χ4v) is 4.67. The van der Waals surface area contributed by atoms with Crippen LogP contribution in [0.1, 0.15) is 136 Å². The molecular formula is C24H48O. The smallest absolute Gasteiger partial charge is 0.0568 e. The average molecular weight is 353 g/mol. The number of hydrogen-bond donors (Lipinski definition) is 1. The molecule has 0 amide bonds. The maximum absolute atomic E-state index is 10.4. The van der Waals surface area contributed by atoms with Gasteiger partial charge in [0.1, 0.15) is 0 Å². The van der Waals surface area contributed by atoms with Crippen LogP contribution < -0.4 is 0 Å². The lowest BCUT2D eigenvalue weighted by molar-refractivity contribution is 0.0401. The van der Waals surface area contributed by atoms with Crippen molar-refractivity contribution in [3.63, 3.8) is 0 Å². The maximum atomic E-state index is 10.4. The van der Waals surface area contributed by atoms with Gasteiger partial charge in [-0.1, -0.05) is 110 Å².